The van der Waals surface area contributed by atoms with Gasteiger partial charge in [-0.05, 0) is 12.8 Å². The standard InChI is InChI=1S/C10H15NO3/c1-2-6(5-12)3-7-9(13)4-8(11)10(7)14/h5-8H,2-4,11H2,1H3. The van der Waals surface area contributed by atoms with E-state index in [1.54, 1.807) is 0 Å². The normalized spacial score (nSPS) is 29.3. The van der Waals surface area contributed by atoms with Gasteiger partial charge in [-0.2, -0.15) is 0 Å². The molecule has 0 radical (unpaired) electrons. The average Bonchev–Trinajstić information content (AvgIpc) is 2.40. The summed E-state index contributed by atoms with van der Waals surface area (Å²) in [5.41, 5.74) is 5.46. The maximum atomic E-state index is 11.4. The van der Waals surface area contributed by atoms with Gasteiger partial charge >= 0.3 is 0 Å². The highest BCUT2D eigenvalue weighted by molar-refractivity contribution is 6.11. The summed E-state index contributed by atoms with van der Waals surface area (Å²) in [5.74, 6) is -1.13. The van der Waals surface area contributed by atoms with Crippen molar-refractivity contribution in [3.8, 4) is 0 Å². The van der Waals surface area contributed by atoms with E-state index < -0.39 is 12.0 Å². The lowest BCUT2D eigenvalue weighted by molar-refractivity contribution is -0.128. The number of rotatable bonds is 4. The lowest BCUT2D eigenvalue weighted by atomic mass is 9.91. The predicted octanol–water partition coefficient (Wildman–Crippen LogP) is 0.0870. The van der Waals surface area contributed by atoms with E-state index in [0.29, 0.717) is 12.8 Å². The first-order chi connectivity index (χ1) is 6.60. The van der Waals surface area contributed by atoms with E-state index in [2.05, 4.69) is 0 Å². The van der Waals surface area contributed by atoms with Gasteiger partial charge in [0.25, 0.3) is 0 Å². The number of hydrogen-bond donors (Lipinski definition) is 1. The highest BCUT2D eigenvalue weighted by Crippen LogP contribution is 2.24. The fraction of sp³-hybridized carbons (Fsp3) is 0.700. The highest BCUT2D eigenvalue weighted by atomic mass is 16.2. The van der Waals surface area contributed by atoms with Crippen LogP contribution in [0.3, 0.4) is 0 Å². The zero-order valence-corrected chi connectivity index (χ0v) is 8.23. The number of Topliss-reactive ketones (excluding diaryl/α,β-unsaturated/α-hetero) is 2. The van der Waals surface area contributed by atoms with Crippen molar-refractivity contribution in [3.63, 3.8) is 0 Å². The smallest absolute Gasteiger partial charge is 0.160 e. The molecule has 3 atom stereocenters. The second kappa shape index (κ2) is 4.46. The fourth-order valence-electron chi connectivity index (χ4n) is 1.75. The number of hydrogen-bond acceptors (Lipinski definition) is 4. The molecule has 0 bridgehead atoms. The third-order valence-corrected chi connectivity index (χ3v) is 2.77. The van der Waals surface area contributed by atoms with Gasteiger partial charge in [-0.3, -0.25) is 9.59 Å². The fourth-order valence-corrected chi connectivity index (χ4v) is 1.75. The van der Waals surface area contributed by atoms with Crippen molar-refractivity contribution in [2.45, 2.75) is 32.2 Å². The molecule has 78 valence electrons. The predicted molar refractivity (Wildman–Crippen MR) is 50.6 cm³/mol. The SMILES string of the molecule is CCC(C=O)CC1C(=O)CC(N)C1=O. The van der Waals surface area contributed by atoms with E-state index in [-0.39, 0.29) is 23.9 Å². The molecule has 4 heteroatoms. The lowest BCUT2D eigenvalue weighted by Gasteiger charge is -2.11. The summed E-state index contributed by atoms with van der Waals surface area (Å²) < 4.78 is 0. The lowest BCUT2D eigenvalue weighted by Crippen LogP contribution is -2.28. The minimum Gasteiger partial charge on any atom is -0.321 e. The summed E-state index contributed by atoms with van der Waals surface area (Å²) in [5, 5.41) is 0. The van der Waals surface area contributed by atoms with Crippen LogP contribution < -0.4 is 5.73 Å². The number of nitrogens with two attached hydrogens (primary N) is 1. The van der Waals surface area contributed by atoms with Gasteiger partial charge in [0.05, 0.1) is 12.0 Å². The van der Waals surface area contributed by atoms with E-state index in [0.717, 1.165) is 6.29 Å². The molecule has 0 aliphatic heterocycles. The van der Waals surface area contributed by atoms with Gasteiger partial charge in [0.15, 0.2) is 5.78 Å². The van der Waals surface area contributed by atoms with Crippen molar-refractivity contribution in [1.29, 1.82) is 0 Å². The van der Waals surface area contributed by atoms with Crippen molar-refractivity contribution >= 4 is 17.9 Å². The Morgan fingerprint density at radius 2 is 2.21 bits per heavy atom. The Hall–Kier alpha value is -1.03. The minimum atomic E-state index is -0.642. The molecule has 0 heterocycles. The molecule has 3 unspecified atom stereocenters. The number of carbonyl (C=O) groups is 3. The third kappa shape index (κ3) is 2.07. The van der Waals surface area contributed by atoms with Gasteiger partial charge in [0.1, 0.15) is 12.1 Å². The Labute approximate surface area is 82.8 Å². The van der Waals surface area contributed by atoms with Crippen LogP contribution >= 0.6 is 0 Å². The Morgan fingerprint density at radius 3 is 2.57 bits per heavy atom. The Kier molecular flexibility index (Phi) is 3.52. The van der Waals surface area contributed by atoms with E-state index in [4.69, 9.17) is 5.73 Å². The number of ketones is 2. The van der Waals surface area contributed by atoms with Gasteiger partial charge in [0.2, 0.25) is 0 Å². The summed E-state index contributed by atoms with van der Waals surface area (Å²) in [6.07, 6.45) is 1.95. The quantitative estimate of drug-likeness (QED) is 0.511. The summed E-state index contributed by atoms with van der Waals surface area (Å²) in [6.45, 7) is 1.86. The maximum absolute atomic E-state index is 11.4. The molecule has 1 fully saturated rings. The van der Waals surface area contributed by atoms with Gasteiger partial charge in [0, 0.05) is 12.3 Å². The number of carbonyl (C=O) groups excluding carboxylic acids is 3. The highest BCUT2D eigenvalue weighted by Gasteiger charge is 2.39. The van der Waals surface area contributed by atoms with Crippen LogP contribution in [0.5, 0.6) is 0 Å². The first kappa shape index (κ1) is 11.0. The van der Waals surface area contributed by atoms with Crippen LogP contribution in [-0.4, -0.2) is 23.9 Å². The second-order valence-corrected chi connectivity index (χ2v) is 3.77. The second-order valence-electron chi connectivity index (χ2n) is 3.77. The molecule has 4 nitrogen and oxygen atoms in total. The van der Waals surface area contributed by atoms with Gasteiger partial charge in [-0.1, -0.05) is 6.92 Å². The third-order valence-electron chi connectivity index (χ3n) is 2.77. The summed E-state index contributed by atoms with van der Waals surface area (Å²) in [4.78, 5) is 33.3. The van der Waals surface area contributed by atoms with E-state index in [1.807, 2.05) is 6.92 Å². The Morgan fingerprint density at radius 1 is 1.57 bits per heavy atom. The van der Waals surface area contributed by atoms with Crippen molar-refractivity contribution in [2.75, 3.05) is 0 Å². The first-order valence-electron chi connectivity index (χ1n) is 4.87. The Bertz CT molecular complexity index is 262. The van der Waals surface area contributed by atoms with E-state index in [1.165, 1.54) is 0 Å². The molecular weight excluding hydrogens is 182 g/mol. The molecule has 1 aliphatic rings. The van der Waals surface area contributed by atoms with Crippen LogP contribution in [0.4, 0.5) is 0 Å². The molecule has 2 N–H and O–H groups in total. The topological polar surface area (TPSA) is 77.2 Å². The van der Waals surface area contributed by atoms with Gasteiger partial charge < -0.3 is 10.5 Å². The van der Waals surface area contributed by atoms with Crippen LogP contribution in [-0.2, 0) is 14.4 Å². The largest absolute Gasteiger partial charge is 0.321 e. The maximum Gasteiger partial charge on any atom is 0.160 e. The van der Waals surface area contributed by atoms with Crippen LogP contribution in [0.15, 0.2) is 0 Å². The molecule has 0 amide bonds. The first-order valence-corrected chi connectivity index (χ1v) is 4.87. The van der Waals surface area contributed by atoms with E-state index >= 15 is 0 Å². The molecule has 1 rings (SSSR count). The average molecular weight is 197 g/mol. The molecule has 1 saturated carbocycles. The molecule has 0 aromatic rings. The van der Waals surface area contributed by atoms with Gasteiger partial charge in [-0.15, -0.1) is 0 Å². The Balaban J connectivity index is 2.64. The molecule has 0 aromatic carbocycles. The molecule has 0 spiro atoms. The summed E-state index contributed by atoms with van der Waals surface area (Å²) >= 11 is 0. The van der Waals surface area contributed by atoms with E-state index in [9.17, 15) is 14.4 Å². The minimum absolute atomic E-state index is 0.109. The van der Waals surface area contributed by atoms with Crippen molar-refractivity contribution in [3.05, 3.63) is 0 Å². The molecule has 1 aliphatic carbocycles. The van der Waals surface area contributed by atoms with Gasteiger partial charge in [-0.25, -0.2) is 0 Å². The van der Waals surface area contributed by atoms with Crippen molar-refractivity contribution in [1.82, 2.24) is 0 Å². The monoisotopic (exact) mass is 197 g/mol. The summed E-state index contributed by atoms with van der Waals surface area (Å²) in [6, 6.07) is -0.642. The van der Waals surface area contributed by atoms with Crippen LogP contribution in [0.1, 0.15) is 26.2 Å². The molecular formula is C10H15NO3. The zero-order chi connectivity index (χ0) is 10.7. The van der Waals surface area contributed by atoms with Crippen LogP contribution in [0.2, 0.25) is 0 Å². The molecule has 0 saturated heterocycles. The summed E-state index contributed by atoms with van der Waals surface area (Å²) in [7, 11) is 0. The van der Waals surface area contributed by atoms with Crippen molar-refractivity contribution in [2.24, 2.45) is 17.6 Å². The van der Waals surface area contributed by atoms with Crippen LogP contribution in [0.25, 0.3) is 0 Å². The molecule has 14 heavy (non-hydrogen) atoms. The van der Waals surface area contributed by atoms with Crippen LogP contribution in [0, 0.1) is 11.8 Å². The molecule has 0 aromatic heterocycles. The zero-order valence-electron chi connectivity index (χ0n) is 8.23. The number of aldehydes is 1. The van der Waals surface area contributed by atoms with Crippen molar-refractivity contribution < 1.29 is 14.4 Å².